The average molecular weight is 315 g/mol. The van der Waals surface area contributed by atoms with Gasteiger partial charge < -0.3 is 10.7 Å². The molecule has 0 unspecified atom stereocenters. The lowest BCUT2D eigenvalue weighted by molar-refractivity contribution is 0.0997. The van der Waals surface area contributed by atoms with Crippen LogP contribution in [0.5, 0.6) is 0 Å². The summed E-state index contributed by atoms with van der Waals surface area (Å²) in [7, 11) is 0. The molecular formula is C15H11BrN2O. The van der Waals surface area contributed by atoms with Crippen LogP contribution in [0.2, 0.25) is 0 Å². The summed E-state index contributed by atoms with van der Waals surface area (Å²) in [4.78, 5) is 14.7. The average Bonchev–Trinajstić information content (AvgIpc) is 2.78. The van der Waals surface area contributed by atoms with Crippen LogP contribution in [0.15, 0.2) is 53.0 Å². The molecule has 19 heavy (non-hydrogen) atoms. The lowest BCUT2D eigenvalue weighted by atomic mass is 10.0. The standard InChI is InChI=1S/C15H11BrN2O/c16-10-6-7-12-11(8-10)13(14(18-12)15(17)19)9-4-2-1-3-5-9/h1-8,18H,(H2,17,19). The maximum absolute atomic E-state index is 11.6. The molecule has 1 heterocycles. The van der Waals surface area contributed by atoms with Crippen molar-refractivity contribution in [3.05, 3.63) is 58.7 Å². The highest BCUT2D eigenvalue weighted by atomic mass is 79.9. The van der Waals surface area contributed by atoms with E-state index in [0.29, 0.717) is 5.69 Å². The zero-order chi connectivity index (χ0) is 13.4. The number of primary amides is 1. The predicted molar refractivity (Wildman–Crippen MR) is 80.0 cm³/mol. The van der Waals surface area contributed by atoms with E-state index in [4.69, 9.17) is 5.73 Å². The Bertz CT molecular complexity index is 762. The summed E-state index contributed by atoms with van der Waals surface area (Å²) >= 11 is 3.46. The number of H-pyrrole nitrogens is 1. The molecule has 0 saturated heterocycles. The highest BCUT2D eigenvalue weighted by Crippen LogP contribution is 2.33. The molecule has 2 aromatic carbocycles. The van der Waals surface area contributed by atoms with Crippen molar-refractivity contribution in [3.8, 4) is 11.1 Å². The van der Waals surface area contributed by atoms with Crippen molar-refractivity contribution in [3.63, 3.8) is 0 Å². The third kappa shape index (κ3) is 2.04. The van der Waals surface area contributed by atoms with Gasteiger partial charge in [-0.1, -0.05) is 46.3 Å². The number of benzene rings is 2. The molecule has 0 radical (unpaired) electrons. The summed E-state index contributed by atoms with van der Waals surface area (Å²) in [5.41, 5.74) is 8.64. The van der Waals surface area contributed by atoms with Gasteiger partial charge in [0.2, 0.25) is 0 Å². The third-order valence-corrected chi connectivity index (χ3v) is 3.56. The summed E-state index contributed by atoms with van der Waals surface area (Å²) in [6.45, 7) is 0. The first-order valence-corrected chi connectivity index (χ1v) is 6.62. The molecule has 94 valence electrons. The van der Waals surface area contributed by atoms with Gasteiger partial charge in [0.05, 0.1) is 0 Å². The van der Waals surface area contributed by atoms with Gasteiger partial charge in [-0.05, 0) is 23.8 Å². The van der Waals surface area contributed by atoms with Crippen LogP contribution in [0, 0.1) is 0 Å². The quantitative estimate of drug-likeness (QED) is 0.744. The molecule has 3 rings (SSSR count). The Morgan fingerprint density at radius 3 is 2.53 bits per heavy atom. The minimum atomic E-state index is -0.453. The Morgan fingerprint density at radius 1 is 1.11 bits per heavy atom. The number of aromatic amines is 1. The maximum Gasteiger partial charge on any atom is 0.265 e. The summed E-state index contributed by atoms with van der Waals surface area (Å²) < 4.78 is 0.965. The van der Waals surface area contributed by atoms with Crippen LogP contribution < -0.4 is 5.73 Å². The van der Waals surface area contributed by atoms with Crippen molar-refractivity contribution in [2.75, 3.05) is 0 Å². The van der Waals surface area contributed by atoms with Crippen LogP contribution in [0.25, 0.3) is 22.0 Å². The number of hydrogen-bond acceptors (Lipinski definition) is 1. The molecule has 0 aliphatic rings. The first-order valence-electron chi connectivity index (χ1n) is 5.83. The van der Waals surface area contributed by atoms with Crippen molar-refractivity contribution in [1.82, 2.24) is 4.98 Å². The minimum absolute atomic E-state index is 0.444. The van der Waals surface area contributed by atoms with Gasteiger partial charge in [0, 0.05) is 20.9 Å². The number of aromatic nitrogens is 1. The smallest absolute Gasteiger partial charge is 0.265 e. The van der Waals surface area contributed by atoms with Gasteiger partial charge in [-0.25, -0.2) is 0 Å². The largest absolute Gasteiger partial charge is 0.364 e. The highest BCUT2D eigenvalue weighted by Gasteiger charge is 2.17. The Kier molecular flexibility index (Phi) is 2.87. The summed E-state index contributed by atoms with van der Waals surface area (Å²) in [6, 6.07) is 15.6. The van der Waals surface area contributed by atoms with Crippen molar-refractivity contribution >= 4 is 32.7 Å². The van der Waals surface area contributed by atoms with Crippen molar-refractivity contribution < 1.29 is 4.79 Å². The second-order valence-corrected chi connectivity index (χ2v) is 5.21. The number of hydrogen-bond donors (Lipinski definition) is 2. The van der Waals surface area contributed by atoms with E-state index in [0.717, 1.165) is 26.5 Å². The Morgan fingerprint density at radius 2 is 1.84 bits per heavy atom. The van der Waals surface area contributed by atoms with E-state index in [1.165, 1.54) is 0 Å². The second-order valence-electron chi connectivity index (χ2n) is 4.30. The van der Waals surface area contributed by atoms with Gasteiger partial charge in [-0.3, -0.25) is 4.79 Å². The van der Waals surface area contributed by atoms with Crippen molar-refractivity contribution in [2.45, 2.75) is 0 Å². The normalized spacial score (nSPS) is 10.8. The monoisotopic (exact) mass is 314 g/mol. The molecule has 3 N–H and O–H groups in total. The van der Waals surface area contributed by atoms with E-state index in [2.05, 4.69) is 20.9 Å². The molecule has 0 fully saturated rings. The lowest BCUT2D eigenvalue weighted by Crippen LogP contribution is -2.12. The Balaban J connectivity index is 2.40. The molecular weight excluding hydrogens is 304 g/mol. The molecule has 1 aromatic heterocycles. The van der Waals surface area contributed by atoms with Crippen LogP contribution >= 0.6 is 15.9 Å². The number of fused-ring (bicyclic) bond motifs is 1. The summed E-state index contributed by atoms with van der Waals surface area (Å²) in [5, 5.41) is 0.981. The molecule has 0 atom stereocenters. The van der Waals surface area contributed by atoms with Gasteiger partial charge in [0.1, 0.15) is 5.69 Å². The number of carbonyl (C=O) groups is 1. The Labute approximate surface area is 118 Å². The summed E-state index contributed by atoms with van der Waals surface area (Å²) in [5.74, 6) is -0.453. The van der Waals surface area contributed by atoms with Gasteiger partial charge in [0.15, 0.2) is 0 Å². The number of carbonyl (C=O) groups excluding carboxylic acids is 1. The lowest BCUT2D eigenvalue weighted by Gasteiger charge is -2.02. The van der Waals surface area contributed by atoms with Crippen LogP contribution in [0.3, 0.4) is 0 Å². The van der Waals surface area contributed by atoms with Gasteiger partial charge in [0.25, 0.3) is 5.91 Å². The summed E-state index contributed by atoms with van der Waals surface area (Å²) in [6.07, 6.45) is 0. The minimum Gasteiger partial charge on any atom is -0.364 e. The fourth-order valence-corrected chi connectivity index (χ4v) is 2.61. The highest BCUT2D eigenvalue weighted by molar-refractivity contribution is 9.10. The maximum atomic E-state index is 11.6. The van der Waals surface area contributed by atoms with Crippen LogP contribution in [-0.2, 0) is 0 Å². The second kappa shape index (κ2) is 4.55. The molecule has 0 aliphatic heterocycles. The molecule has 4 heteroatoms. The SMILES string of the molecule is NC(=O)c1[nH]c2ccc(Br)cc2c1-c1ccccc1. The van der Waals surface area contributed by atoms with Crippen molar-refractivity contribution in [1.29, 1.82) is 0 Å². The number of nitrogens with one attached hydrogen (secondary N) is 1. The van der Waals surface area contributed by atoms with Crippen LogP contribution in [0.4, 0.5) is 0 Å². The molecule has 0 spiro atoms. The number of amides is 1. The van der Waals surface area contributed by atoms with Crippen LogP contribution in [-0.4, -0.2) is 10.9 Å². The molecule has 3 aromatic rings. The zero-order valence-electron chi connectivity index (χ0n) is 9.98. The van der Waals surface area contributed by atoms with Gasteiger partial charge >= 0.3 is 0 Å². The van der Waals surface area contributed by atoms with E-state index in [9.17, 15) is 4.79 Å². The first kappa shape index (κ1) is 12.0. The van der Waals surface area contributed by atoms with Crippen molar-refractivity contribution in [2.24, 2.45) is 5.73 Å². The number of halogens is 1. The third-order valence-electron chi connectivity index (χ3n) is 3.07. The first-order chi connectivity index (χ1) is 9.16. The molecule has 0 aliphatic carbocycles. The molecule has 1 amide bonds. The molecule has 3 nitrogen and oxygen atoms in total. The topological polar surface area (TPSA) is 58.9 Å². The zero-order valence-corrected chi connectivity index (χ0v) is 11.6. The van der Waals surface area contributed by atoms with Gasteiger partial charge in [-0.15, -0.1) is 0 Å². The van der Waals surface area contributed by atoms with Gasteiger partial charge in [-0.2, -0.15) is 0 Å². The number of rotatable bonds is 2. The van der Waals surface area contributed by atoms with Crippen LogP contribution in [0.1, 0.15) is 10.5 Å². The predicted octanol–water partition coefficient (Wildman–Crippen LogP) is 3.70. The van der Waals surface area contributed by atoms with E-state index in [-0.39, 0.29) is 0 Å². The fraction of sp³-hybridized carbons (Fsp3) is 0. The molecule has 0 saturated carbocycles. The van der Waals surface area contributed by atoms with E-state index in [1.54, 1.807) is 0 Å². The molecule has 0 bridgehead atoms. The van der Waals surface area contributed by atoms with E-state index < -0.39 is 5.91 Å². The number of nitrogens with two attached hydrogens (primary N) is 1. The Hall–Kier alpha value is -2.07. The fourth-order valence-electron chi connectivity index (χ4n) is 2.25. The van der Waals surface area contributed by atoms with E-state index in [1.807, 2.05) is 48.5 Å². The van der Waals surface area contributed by atoms with E-state index >= 15 is 0 Å².